The van der Waals surface area contributed by atoms with Gasteiger partial charge in [0.1, 0.15) is 0 Å². The molecule has 0 aromatic heterocycles. The van der Waals surface area contributed by atoms with Crippen LogP contribution in [0.5, 0.6) is 11.5 Å². The van der Waals surface area contributed by atoms with E-state index in [0.717, 1.165) is 33.9 Å². The highest BCUT2D eigenvalue weighted by atomic mass is 35.5. The average Bonchev–Trinajstić information content (AvgIpc) is 2.98. The van der Waals surface area contributed by atoms with Gasteiger partial charge in [-0.2, -0.15) is 0 Å². The molecular weight excluding hydrogens is 344 g/mol. The first-order chi connectivity index (χ1) is 11.4. The van der Waals surface area contributed by atoms with Crippen LogP contribution in [0.1, 0.15) is 16.7 Å². The Kier molecular flexibility index (Phi) is 4.83. The zero-order valence-corrected chi connectivity index (χ0v) is 15.4. The van der Waals surface area contributed by atoms with E-state index in [2.05, 4.69) is 11.4 Å². The number of aryl methyl sites for hydroxylation is 2. The molecule has 6 heteroatoms. The first-order valence-electron chi connectivity index (χ1n) is 7.61. The molecule has 0 aliphatic carbocycles. The van der Waals surface area contributed by atoms with Gasteiger partial charge in [0.15, 0.2) is 16.6 Å². The lowest BCUT2D eigenvalue weighted by Crippen LogP contribution is -2.30. The highest BCUT2D eigenvalue weighted by Gasteiger charge is 2.15. The van der Waals surface area contributed by atoms with E-state index in [1.165, 1.54) is 0 Å². The van der Waals surface area contributed by atoms with Crippen molar-refractivity contribution in [2.75, 3.05) is 19.2 Å². The van der Waals surface area contributed by atoms with Gasteiger partial charge in [0.25, 0.3) is 0 Å². The van der Waals surface area contributed by atoms with Gasteiger partial charge in [-0.05, 0) is 61.0 Å². The molecule has 1 aliphatic heterocycles. The minimum atomic E-state index is 0.278. The number of fused-ring (bicyclic) bond motifs is 1. The normalized spacial score (nSPS) is 12.2. The Morgan fingerprint density at radius 1 is 1.21 bits per heavy atom. The van der Waals surface area contributed by atoms with Crippen molar-refractivity contribution in [3.63, 3.8) is 0 Å². The van der Waals surface area contributed by atoms with Gasteiger partial charge < -0.3 is 19.7 Å². The van der Waals surface area contributed by atoms with E-state index in [1.807, 2.05) is 50.1 Å². The molecule has 0 radical (unpaired) electrons. The number of halogens is 1. The first kappa shape index (κ1) is 16.9. The Labute approximate surface area is 152 Å². The molecule has 0 amide bonds. The summed E-state index contributed by atoms with van der Waals surface area (Å²) in [6.45, 7) is 4.97. The van der Waals surface area contributed by atoms with E-state index in [-0.39, 0.29) is 6.79 Å². The van der Waals surface area contributed by atoms with Crippen LogP contribution in [0.2, 0.25) is 5.02 Å². The lowest BCUT2D eigenvalue weighted by atomic mass is 10.1. The van der Waals surface area contributed by atoms with Gasteiger partial charge in [0.2, 0.25) is 6.79 Å². The van der Waals surface area contributed by atoms with Crippen LogP contribution in [-0.4, -0.2) is 23.9 Å². The number of benzene rings is 2. The summed E-state index contributed by atoms with van der Waals surface area (Å²) in [6, 6.07) is 9.91. The third-order valence-corrected chi connectivity index (χ3v) is 4.58. The van der Waals surface area contributed by atoms with Crippen molar-refractivity contribution in [3.05, 3.63) is 52.0 Å². The highest BCUT2D eigenvalue weighted by molar-refractivity contribution is 7.80. The van der Waals surface area contributed by atoms with Crippen LogP contribution in [0, 0.1) is 13.8 Å². The van der Waals surface area contributed by atoms with Gasteiger partial charge in [0.05, 0.1) is 10.7 Å². The van der Waals surface area contributed by atoms with Crippen molar-refractivity contribution in [1.29, 1.82) is 0 Å². The summed E-state index contributed by atoms with van der Waals surface area (Å²) in [5.41, 5.74) is 4.14. The van der Waals surface area contributed by atoms with E-state index >= 15 is 0 Å². The van der Waals surface area contributed by atoms with E-state index < -0.39 is 0 Å². The monoisotopic (exact) mass is 362 g/mol. The standard InChI is InChI=1S/C18H19ClN2O2S/c1-11-6-12(2)17(14(19)7-11)20-18(24)21(3)9-13-4-5-15-16(8-13)23-10-22-15/h4-8H,9-10H2,1-3H3,(H,20,24). The topological polar surface area (TPSA) is 33.7 Å². The molecule has 1 N–H and O–H groups in total. The number of ether oxygens (including phenoxy) is 2. The van der Waals surface area contributed by atoms with Crippen molar-refractivity contribution in [2.45, 2.75) is 20.4 Å². The molecule has 4 nitrogen and oxygen atoms in total. The lowest BCUT2D eigenvalue weighted by Gasteiger charge is -2.22. The number of thiocarbonyl (C=S) groups is 1. The lowest BCUT2D eigenvalue weighted by molar-refractivity contribution is 0.174. The second-order valence-electron chi connectivity index (χ2n) is 5.91. The van der Waals surface area contributed by atoms with Crippen LogP contribution < -0.4 is 14.8 Å². The fraction of sp³-hybridized carbons (Fsp3) is 0.278. The van der Waals surface area contributed by atoms with Gasteiger partial charge in [-0.25, -0.2) is 0 Å². The van der Waals surface area contributed by atoms with Crippen molar-refractivity contribution in [2.24, 2.45) is 0 Å². The predicted molar refractivity (Wildman–Crippen MR) is 101 cm³/mol. The minimum absolute atomic E-state index is 0.278. The maximum Gasteiger partial charge on any atom is 0.231 e. The fourth-order valence-electron chi connectivity index (χ4n) is 2.66. The second kappa shape index (κ2) is 6.87. The third-order valence-electron chi connectivity index (χ3n) is 3.87. The van der Waals surface area contributed by atoms with E-state index in [0.29, 0.717) is 16.7 Å². The summed E-state index contributed by atoms with van der Waals surface area (Å²) in [6.07, 6.45) is 0. The molecule has 0 fully saturated rings. The van der Waals surface area contributed by atoms with E-state index in [4.69, 9.17) is 33.3 Å². The van der Waals surface area contributed by atoms with Crippen LogP contribution in [0.25, 0.3) is 0 Å². The van der Waals surface area contributed by atoms with E-state index in [9.17, 15) is 0 Å². The summed E-state index contributed by atoms with van der Waals surface area (Å²) in [7, 11) is 1.94. The number of anilines is 1. The molecule has 0 bridgehead atoms. The Hall–Kier alpha value is -1.98. The minimum Gasteiger partial charge on any atom is -0.454 e. The zero-order chi connectivity index (χ0) is 17.3. The van der Waals surface area contributed by atoms with Gasteiger partial charge in [0, 0.05) is 13.6 Å². The molecule has 1 heterocycles. The highest BCUT2D eigenvalue weighted by Crippen LogP contribution is 2.33. The Balaban J connectivity index is 1.69. The number of nitrogens with zero attached hydrogens (tertiary/aromatic N) is 1. The summed E-state index contributed by atoms with van der Waals surface area (Å²) in [5.74, 6) is 1.56. The zero-order valence-electron chi connectivity index (χ0n) is 13.9. The van der Waals surface area contributed by atoms with E-state index in [1.54, 1.807) is 0 Å². The van der Waals surface area contributed by atoms with Gasteiger partial charge in [-0.1, -0.05) is 23.7 Å². The maximum absolute atomic E-state index is 6.34. The molecule has 0 atom stereocenters. The van der Waals surface area contributed by atoms with Crippen LogP contribution in [0.4, 0.5) is 5.69 Å². The first-order valence-corrected chi connectivity index (χ1v) is 8.40. The molecule has 2 aromatic rings. The molecule has 24 heavy (non-hydrogen) atoms. The Bertz CT molecular complexity index is 772. The van der Waals surface area contributed by atoms with Crippen LogP contribution in [0.15, 0.2) is 30.3 Å². The molecule has 0 spiro atoms. The predicted octanol–water partition coefficient (Wildman–Crippen LogP) is 4.51. The SMILES string of the molecule is Cc1cc(C)c(NC(=S)N(C)Cc2ccc3c(c2)OCO3)c(Cl)c1. The molecule has 126 valence electrons. The maximum atomic E-state index is 6.34. The van der Waals surface area contributed by atoms with Crippen molar-refractivity contribution in [1.82, 2.24) is 4.90 Å². The largest absolute Gasteiger partial charge is 0.454 e. The summed E-state index contributed by atoms with van der Waals surface area (Å²) >= 11 is 11.8. The summed E-state index contributed by atoms with van der Waals surface area (Å²) in [5, 5.41) is 4.53. The summed E-state index contributed by atoms with van der Waals surface area (Å²) < 4.78 is 10.7. The number of rotatable bonds is 3. The van der Waals surface area contributed by atoms with Crippen LogP contribution in [-0.2, 0) is 6.54 Å². The molecule has 1 aliphatic rings. The Morgan fingerprint density at radius 2 is 1.96 bits per heavy atom. The molecule has 0 saturated heterocycles. The molecular formula is C18H19ClN2O2S. The van der Waals surface area contributed by atoms with Crippen molar-refractivity contribution in [3.8, 4) is 11.5 Å². The molecule has 3 rings (SSSR count). The quantitative estimate of drug-likeness (QED) is 0.812. The smallest absolute Gasteiger partial charge is 0.231 e. The van der Waals surface area contributed by atoms with Gasteiger partial charge >= 0.3 is 0 Å². The van der Waals surface area contributed by atoms with Gasteiger partial charge in [-0.3, -0.25) is 0 Å². The van der Waals surface area contributed by atoms with Crippen molar-refractivity contribution < 1.29 is 9.47 Å². The van der Waals surface area contributed by atoms with Crippen LogP contribution >= 0.6 is 23.8 Å². The molecule has 0 saturated carbocycles. The van der Waals surface area contributed by atoms with Gasteiger partial charge in [-0.15, -0.1) is 0 Å². The number of hydrogen-bond acceptors (Lipinski definition) is 3. The Morgan fingerprint density at radius 3 is 2.71 bits per heavy atom. The number of nitrogens with one attached hydrogen (secondary N) is 1. The second-order valence-corrected chi connectivity index (χ2v) is 6.71. The van der Waals surface area contributed by atoms with Crippen LogP contribution in [0.3, 0.4) is 0 Å². The fourth-order valence-corrected chi connectivity index (χ4v) is 3.20. The molecule has 0 unspecified atom stereocenters. The van der Waals surface area contributed by atoms with Crippen molar-refractivity contribution >= 4 is 34.6 Å². The summed E-state index contributed by atoms with van der Waals surface area (Å²) in [4.78, 5) is 1.96. The third kappa shape index (κ3) is 3.57. The number of hydrogen-bond donors (Lipinski definition) is 1. The molecule has 2 aromatic carbocycles. The average molecular weight is 363 g/mol.